The van der Waals surface area contributed by atoms with E-state index >= 15 is 0 Å². The molecule has 2 aromatic rings. The van der Waals surface area contributed by atoms with Gasteiger partial charge >= 0.3 is 0 Å². The molecule has 0 bridgehead atoms. The first-order valence-corrected chi connectivity index (χ1v) is 8.89. The molecule has 0 heterocycles. The molecule has 3 rings (SSSR count). The summed E-state index contributed by atoms with van der Waals surface area (Å²) in [4.78, 5) is 2.35. The van der Waals surface area contributed by atoms with E-state index in [9.17, 15) is 4.39 Å². The molecule has 25 heavy (non-hydrogen) atoms. The van der Waals surface area contributed by atoms with Crippen molar-refractivity contribution in [2.75, 3.05) is 13.6 Å². The number of halogens is 1. The van der Waals surface area contributed by atoms with E-state index in [0.717, 1.165) is 31.5 Å². The van der Waals surface area contributed by atoms with Crippen LogP contribution in [-0.2, 0) is 18.6 Å². The first-order chi connectivity index (χ1) is 12.1. The van der Waals surface area contributed by atoms with Crippen LogP contribution in [0.1, 0.15) is 42.9 Å². The van der Waals surface area contributed by atoms with Crippen LogP contribution >= 0.6 is 0 Å². The molecular formula is C22H27FN2. The second-order valence-corrected chi connectivity index (χ2v) is 6.71. The van der Waals surface area contributed by atoms with Gasteiger partial charge in [-0.05, 0) is 56.0 Å². The van der Waals surface area contributed by atoms with E-state index in [1.807, 2.05) is 12.1 Å². The van der Waals surface area contributed by atoms with Crippen LogP contribution in [-0.4, -0.2) is 18.5 Å². The first kappa shape index (κ1) is 19.1. The smallest absolute Gasteiger partial charge is 0.136 e. The van der Waals surface area contributed by atoms with Crippen LogP contribution in [0.4, 0.5) is 4.39 Å². The lowest BCUT2D eigenvalue weighted by Crippen LogP contribution is -2.19. The molecule has 1 fully saturated rings. The van der Waals surface area contributed by atoms with Gasteiger partial charge in [0.1, 0.15) is 5.67 Å². The van der Waals surface area contributed by atoms with Gasteiger partial charge < -0.3 is 4.90 Å². The molecule has 0 N–H and O–H groups in total. The Labute approximate surface area is 150 Å². The van der Waals surface area contributed by atoms with Crippen molar-refractivity contribution in [1.29, 1.82) is 5.26 Å². The van der Waals surface area contributed by atoms with Crippen LogP contribution in [0, 0.1) is 11.3 Å². The largest absolute Gasteiger partial charge is 0.302 e. The molecule has 132 valence electrons. The number of hydrogen-bond donors (Lipinski definition) is 0. The molecule has 0 atom stereocenters. The number of aryl methyl sites for hydroxylation is 1. The van der Waals surface area contributed by atoms with Gasteiger partial charge in [-0.15, -0.1) is 0 Å². The Hall–Kier alpha value is -2.18. The summed E-state index contributed by atoms with van der Waals surface area (Å²) in [6, 6.07) is 20.4. The van der Waals surface area contributed by atoms with Crippen LogP contribution in [0.15, 0.2) is 54.6 Å². The third-order valence-electron chi connectivity index (χ3n) is 4.46. The van der Waals surface area contributed by atoms with Crippen molar-refractivity contribution in [3.8, 4) is 6.07 Å². The fraction of sp³-hybridized carbons (Fsp3) is 0.409. The molecule has 3 heteroatoms. The third-order valence-corrected chi connectivity index (χ3v) is 4.46. The summed E-state index contributed by atoms with van der Waals surface area (Å²) in [5.41, 5.74) is 2.51. The maximum atomic E-state index is 13.9. The van der Waals surface area contributed by atoms with Gasteiger partial charge in [0, 0.05) is 13.5 Å². The third kappa shape index (κ3) is 6.32. The number of rotatable bonds is 7. The van der Waals surface area contributed by atoms with Gasteiger partial charge in [-0.25, -0.2) is 4.39 Å². The minimum Gasteiger partial charge on any atom is -0.302 e. The molecule has 0 unspecified atom stereocenters. The zero-order valence-electron chi connectivity index (χ0n) is 15.2. The fourth-order valence-corrected chi connectivity index (χ4v) is 2.90. The van der Waals surface area contributed by atoms with Crippen molar-refractivity contribution < 1.29 is 4.39 Å². The number of hydrogen-bond acceptors (Lipinski definition) is 2. The van der Waals surface area contributed by atoms with Crippen LogP contribution in [0.25, 0.3) is 0 Å². The Morgan fingerprint density at radius 1 is 1.04 bits per heavy atom. The van der Waals surface area contributed by atoms with Gasteiger partial charge in [0.05, 0.1) is 6.07 Å². The van der Waals surface area contributed by atoms with E-state index in [1.54, 1.807) is 6.07 Å². The van der Waals surface area contributed by atoms with Crippen LogP contribution < -0.4 is 0 Å². The molecular weight excluding hydrogens is 311 g/mol. The van der Waals surface area contributed by atoms with Crippen molar-refractivity contribution >= 4 is 0 Å². The second-order valence-electron chi connectivity index (χ2n) is 6.71. The van der Waals surface area contributed by atoms with Gasteiger partial charge in [0.25, 0.3) is 0 Å². The predicted octanol–water partition coefficient (Wildman–Crippen LogP) is 5.24. The summed E-state index contributed by atoms with van der Waals surface area (Å²) in [5.74, 6) is 0. The van der Waals surface area contributed by atoms with Gasteiger partial charge in [-0.2, -0.15) is 5.26 Å². The summed E-state index contributed by atoms with van der Waals surface area (Å²) in [5, 5.41) is 7.32. The highest BCUT2D eigenvalue weighted by atomic mass is 19.1. The Bertz CT molecular complexity index is 669. The van der Waals surface area contributed by atoms with Crippen LogP contribution in [0.3, 0.4) is 0 Å². The summed E-state index contributed by atoms with van der Waals surface area (Å²) in [6.45, 7) is 3.49. The molecule has 2 aromatic carbocycles. The molecule has 2 nitrogen and oxygen atoms in total. The summed E-state index contributed by atoms with van der Waals surface area (Å²) < 4.78 is 13.9. The molecule has 0 aromatic heterocycles. The molecule has 1 aliphatic carbocycles. The van der Waals surface area contributed by atoms with Gasteiger partial charge in [-0.1, -0.05) is 54.6 Å². The highest BCUT2D eigenvalue weighted by molar-refractivity contribution is 5.30. The Morgan fingerprint density at radius 2 is 1.64 bits per heavy atom. The molecule has 0 radical (unpaired) electrons. The van der Waals surface area contributed by atoms with Gasteiger partial charge in [-0.3, -0.25) is 0 Å². The zero-order valence-corrected chi connectivity index (χ0v) is 15.2. The molecule has 0 saturated heterocycles. The normalized spacial score (nSPS) is 14.4. The van der Waals surface area contributed by atoms with Crippen LogP contribution in [0.5, 0.6) is 0 Å². The Morgan fingerprint density at radius 3 is 2.20 bits per heavy atom. The average Bonchev–Trinajstić information content (AvgIpc) is 3.36. The van der Waals surface area contributed by atoms with E-state index in [-0.39, 0.29) is 0 Å². The van der Waals surface area contributed by atoms with E-state index in [2.05, 4.69) is 54.4 Å². The van der Waals surface area contributed by atoms with Crippen molar-refractivity contribution in [3.05, 3.63) is 71.3 Å². The molecule has 1 saturated carbocycles. The van der Waals surface area contributed by atoms with Gasteiger partial charge in [0.15, 0.2) is 0 Å². The maximum absolute atomic E-state index is 13.9. The zero-order chi connectivity index (χ0) is 18.1. The fourth-order valence-electron chi connectivity index (χ4n) is 2.90. The highest BCUT2D eigenvalue weighted by Gasteiger charge is 2.44. The average molecular weight is 338 g/mol. The lowest BCUT2D eigenvalue weighted by Gasteiger charge is -2.16. The summed E-state index contributed by atoms with van der Waals surface area (Å²) >= 11 is 0. The number of benzene rings is 2. The van der Waals surface area contributed by atoms with Crippen molar-refractivity contribution in [1.82, 2.24) is 4.90 Å². The lowest BCUT2D eigenvalue weighted by molar-refractivity contribution is 0.317. The quantitative estimate of drug-likeness (QED) is 0.690. The second kappa shape index (κ2) is 9.34. The summed E-state index contributed by atoms with van der Waals surface area (Å²) in [7, 11) is 2.16. The monoisotopic (exact) mass is 338 g/mol. The van der Waals surface area contributed by atoms with Gasteiger partial charge in [0.2, 0.25) is 0 Å². The Balaban J connectivity index is 0.000000701. The van der Waals surface area contributed by atoms with Crippen molar-refractivity contribution in [2.45, 2.75) is 44.8 Å². The van der Waals surface area contributed by atoms with E-state index in [4.69, 9.17) is 5.26 Å². The summed E-state index contributed by atoms with van der Waals surface area (Å²) in [6.07, 6.45) is 3.56. The maximum Gasteiger partial charge on any atom is 0.136 e. The van der Waals surface area contributed by atoms with E-state index in [0.29, 0.717) is 12.8 Å². The first-order valence-electron chi connectivity index (χ1n) is 8.89. The number of nitrogens with zero attached hydrogens (tertiary/aromatic N) is 2. The Kier molecular flexibility index (Phi) is 7.16. The van der Waals surface area contributed by atoms with E-state index < -0.39 is 5.67 Å². The molecule has 0 aliphatic heterocycles. The molecule has 0 amide bonds. The number of nitriles is 1. The molecule has 1 aliphatic rings. The van der Waals surface area contributed by atoms with Crippen molar-refractivity contribution in [2.24, 2.45) is 0 Å². The van der Waals surface area contributed by atoms with Crippen molar-refractivity contribution in [3.63, 3.8) is 0 Å². The SMILES string of the molecule is CC#N.CN(CCCc1ccc(C2(F)CC2)cc1)Cc1ccccc1. The van der Waals surface area contributed by atoms with E-state index in [1.165, 1.54) is 18.1 Å². The predicted molar refractivity (Wildman–Crippen MR) is 101 cm³/mol. The highest BCUT2D eigenvalue weighted by Crippen LogP contribution is 2.49. The van der Waals surface area contributed by atoms with Crippen LogP contribution in [0.2, 0.25) is 0 Å². The minimum atomic E-state index is -1.01. The topological polar surface area (TPSA) is 27.0 Å². The number of alkyl halides is 1. The standard InChI is InChI=1S/C20H24FN.C2H3N/c1-22(16-18-6-3-2-4-7-18)15-5-8-17-9-11-19(12-10-17)20(21)13-14-20;1-2-3/h2-4,6-7,9-12H,5,8,13-16H2,1H3;1H3. The molecule has 0 spiro atoms. The minimum absolute atomic E-state index is 0.691. The lowest BCUT2D eigenvalue weighted by atomic mass is 10.0.